The predicted molar refractivity (Wildman–Crippen MR) is 150 cm³/mol. The summed E-state index contributed by atoms with van der Waals surface area (Å²) in [5.74, 6) is -1.65. The van der Waals surface area contributed by atoms with Gasteiger partial charge in [-0.15, -0.1) is 0 Å². The van der Waals surface area contributed by atoms with E-state index in [4.69, 9.17) is 4.74 Å². The SMILES string of the molecule is CN1CCN(C(=O)Oc2ccc(CC(NC(=O)C3C4CCC(CC4)N3S(=O)(=O)c3ccccc3)C(=O)O)cc2)CC1. The highest BCUT2D eigenvalue weighted by Crippen LogP contribution is 2.42. The fourth-order valence-electron chi connectivity index (χ4n) is 6.04. The van der Waals surface area contributed by atoms with Crippen molar-refractivity contribution >= 4 is 28.0 Å². The summed E-state index contributed by atoms with van der Waals surface area (Å²) in [6.45, 7) is 2.71. The van der Waals surface area contributed by atoms with Gasteiger partial charge in [-0.25, -0.2) is 18.0 Å². The first-order valence-electron chi connectivity index (χ1n) is 14.0. The highest BCUT2D eigenvalue weighted by Gasteiger charge is 2.51. The molecular weight excluding hydrogens is 548 g/mol. The number of benzene rings is 2. The molecule has 0 spiro atoms. The van der Waals surface area contributed by atoms with Crippen molar-refractivity contribution in [3.63, 3.8) is 0 Å². The second-order valence-electron chi connectivity index (χ2n) is 11.1. The molecule has 4 aliphatic rings. The third-order valence-electron chi connectivity index (χ3n) is 8.35. The number of carbonyl (C=O) groups is 3. The van der Waals surface area contributed by atoms with Crippen molar-refractivity contribution in [3.8, 4) is 5.75 Å². The predicted octanol–water partition coefficient (Wildman–Crippen LogP) is 2.18. The van der Waals surface area contributed by atoms with Crippen LogP contribution in [0.25, 0.3) is 0 Å². The molecule has 2 aromatic carbocycles. The van der Waals surface area contributed by atoms with Crippen LogP contribution in [0.4, 0.5) is 4.79 Å². The molecule has 3 saturated heterocycles. The molecule has 1 saturated carbocycles. The molecule has 6 rings (SSSR count). The van der Waals surface area contributed by atoms with Crippen LogP contribution in [0.3, 0.4) is 0 Å². The monoisotopic (exact) mass is 584 g/mol. The van der Waals surface area contributed by atoms with Crippen molar-refractivity contribution < 1.29 is 32.6 Å². The Morgan fingerprint density at radius 3 is 2.20 bits per heavy atom. The van der Waals surface area contributed by atoms with Crippen molar-refractivity contribution in [2.24, 2.45) is 5.92 Å². The normalized spacial score (nSPS) is 24.0. The highest BCUT2D eigenvalue weighted by atomic mass is 32.2. The van der Waals surface area contributed by atoms with E-state index in [-0.39, 0.29) is 23.3 Å². The summed E-state index contributed by atoms with van der Waals surface area (Å²) >= 11 is 0. The average Bonchev–Trinajstić information content (AvgIpc) is 2.98. The molecule has 3 heterocycles. The summed E-state index contributed by atoms with van der Waals surface area (Å²) in [4.78, 5) is 42.1. The van der Waals surface area contributed by atoms with Crippen LogP contribution in [0.1, 0.15) is 31.2 Å². The zero-order chi connectivity index (χ0) is 29.1. The first kappa shape index (κ1) is 29.0. The van der Waals surface area contributed by atoms with E-state index >= 15 is 0 Å². The molecule has 2 bridgehead atoms. The van der Waals surface area contributed by atoms with Gasteiger partial charge in [-0.3, -0.25) is 4.79 Å². The lowest BCUT2D eigenvalue weighted by Crippen LogP contribution is -2.63. The minimum atomic E-state index is -3.95. The summed E-state index contributed by atoms with van der Waals surface area (Å²) in [7, 11) is -1.95. The van der Waals surface area contributed by atoms with E-state index in [1.165, 1.54) is 16.4 Å². The van der Waals surface area contributed by atoms with Gasteiger partial charge in [0.05, 0.1) is 4.90 Å². The van der Waals surface area contributed by atoms with Crippen LogP contribution < -0.4 is 10.1 Å². The number of ether oxygens (including phenoxy) is 1. The van der Waals surface area contributed by atoms with Gasteiger partial charge in [0.1, 0.15) is 17.8 Å². The van der Waals surface area contributed by atoms with E-state index in [9.17, 15) is 27.9 Å². The summed E-state index contributed by atoms with van der Waals surface area (Å²) in [5, 5.41) is 12.6. The maximum absolute atomic E-state index is 13.6. The van der Waals surface area contributed by atoms with Gasteiger partial charge in [0.2, 0.25) is 15.9 Å². The van der Waals surface area contributed by atoms with Crippen LogP contribution in [0.15, 0.2) is 59.5 Å². The van der Waals surface area contributed by atoms with Gasteiger partial charge in [0.25, 0.3) is 0 Å². The van der Waals surface area contributed by atoms with Crippen molar-refractivity contribution in [1.82, 2.24) is 19.4 Å². The fraction of sp³-hybridized carbons (Fsp3) is 0.483. The molecule has 12 heteroatoms. The Labute approximate surface area is 240 Å². The molecule has 2 aromatic rings. The number of carboxylic acid groups (broad SMARTS) is 1. The minimum absolute atomic E-state index is 0.0139. The standard InChI is InChI=1S/C29H36N4O7S/c1-31-15-17-32(18-16-31)29(37)40-23-13-7-20(8-14-23)19-25(28(35)36)30-27(34)26-21-9-11-22(12-10-21)33(26)41(38,39)24-5-3-2-4-6-24/h2-8,13-14,21-22,25-26H,9-12,15-19H2,1H3,(H,30,34)(H,35,36). The number of fused-ring (bicyclic) bond motifs is 3. The third kappa shape index (κ3) is 6.39. The Morgan fingerprint density at radius 2 is 1.59 bits per heavy atom. The Morgan fingerprint density at radius 1 is 0.951 bits per heavy atom. The van der Waals surface area contributed by atoms with E-state index in [0.717, 1.165) is 25.9 Å². The van der Waals surface area contributed by atoms with Gasteiger partial charge in [0.15, 0.2) is 0 Å². The summed E-state index contributed by atoms with van der Waals surface area (Å²) in [6, 6.07) is 12.0. The summed E-state index contributed by atoms with van der Waals surface area (Å²) < 4.78 is 34.0. The van der Waals surface area contributed by atoms with Crippen molar-refractivity contribution in [2.75, 3.05) is 33.2 Å². The van der Waals surface area contributed by atoms with Gasteiger partial charge in [-0.2, -0.15) is 4.31 Å². The molecule has 4 fully saturated rings. The third-order valence-corrected chi connectivity index (χ3v) is 10.3. The Balaban J connectivity index is 1.26. The van der Waals surface area contributed by atoms with Gasteiger partial charge in [-0.1, -0.05) is 30.3 Å². The van der Waals surface area contributed by atoms with Gasteiger partial charge >= 0.3 is 12.1 Å². The molecule has 11 nitrogen and oxygen atoms in total. The van der Waals surface area contributed by atoms with Gasteiger partial charge in [0, 0.05) is 38.6 Å². The van der Waals surface area contributed by atoms with Crippen LogP contribution in [0, 0.1) is 5.92 Å². The van der Waals surface area contributed by atoms with E-state index in [1.807, 2.05) is 7.05 Å². The number of sulfonamides is 1. The molecule has 1 aliphatic carbocycles. The molecule has 0 radical (unpaired) electrons. The maximum Gasteiger partial charge on any atom is 0.415 e. The minimum Gasteiger partial charge on any atom is -0.480 e. The first-order chi connectivity index (χ1) is 19.6. The topological polar surface area (TPSA) is 137 Å². The Kier molecular flexibility index (Phi) is 8.62. The Bertz CT molecular complexity index is 1350. The molecule has 2 atom stereocenters. The van der Waals surface area contributed by atoms with Crippen molar-refractivity contribution in [3.05, 3.63) is 60.2 Å². The maximum atomic E-state index is 13.6. The van der Waals surface area contributed by atoms with Crippen molar-refractivity contribution in [1.29, 1.82) is 0 Å². The van der Waals surface area contributed by atoms with Gasteiger partial charge < -0.3 is 25.0 Å². The van der Waals surface area contributed by atoms with Crippen LogP contribution in [-0.2, 0) is 26.0 Å². The number of hydrogen-bond donors (Lipinski definition) is 2. The smallest absolute Gasteiger partial charge is 0.415 e. The molecule has 0 aromatic heterocycles. The number of nitrogens with one attached hydrogen (secondary N) is 1. The zero-order valence-corrected chi connectivity index (χ0v) is 23.8. The first-order valence-corrected chi connectivity index (χ1v) is 15.4. The number of hydrogen-bond acceptors (Lipinski definition) is 7. The number of piperidine rings is 2. The van der Waals surface area contributed by atoms with E-state index in [0.29, 0.717) is 37.2 Å². The molecule has 41 heavy (non-hydrogen) atoms. The van der Waals surface area contributed by atoms with Gasteiger partial charge in [-0.05, 0) is 68.5 Å². The highest BCUT2D eigenvalue weighted by molar-refractivity contribution is 7.89. The summed E-state index contributed by atoms with van der Waals surface area (Å²) in [6.07, 6.45) is 2.34. The number of rotatable bonds is 8. The molecule has 2 N–H and O–H groups in total. The quantitative estimate of drug-likeness (QED) is 0.482. The molecular formula is C29H36N4O7S. The van der Waals surface area contributed by atoms with Crippen LogP contribution in [-0.4, -0.2) is 97.0 Å². The lowest BCUT2D eigenvalue weighted by molar-refractivity contribution is -0.143. The fourth-order valence-corrected chi connectivity index (χ4v) is 7.95. The number of amides is 2. The molecule has 2 unspecified atom stereocenters. The van der Waals surface area contributed by atoms with Crippen LogP contribution >= 0.6 is 0 Å². The van der Waals surface area contributed by atoms with Crippen LogP contribution in [0.2, 0.25) is 0 Å². The molecule has 2 amide bonds. The largest absolute Gasteiger partial charge is 0.480 e. The van der Waals surface area contributed by atoms with Crippen molar-refractivity contribution in [2.45, 2.75) is 55.1 Å². The molecule has 220 valence electrons. The number of nitrogens with zero attached hydrogens (tertiary/aromatic N) is 3. The van der Waals surface area contributed by atoms with E-state index < -0.39 is 40.1 Å². The Hall–Kier alpha value is -3.48. The second kappa shape index (κ2) is 12.2. The number of piperazine rings is 1. The second-order valence-corrected chi connectivity index (χ2v) is 12.9. The molecule has 3 aliphatic heterocycles. The number of likely N-dealkylation sites (N-methyl/N-ethyl adjacent to an activating group) is 1. The summed E-state index contributed by atoms with van der Waals surface area (Å²) in [5.41, 5.74) is 0.621. The zero-order valence-electron chi connectivity index (χ0n) is 23.0. The van der Waals surface area contributed by atoms with E-state index in [2.05, 4.69) is 10.2 Å². The average molecular weight is 585 g/mol. The number of aliphatic carboxylic acids is 1. The van der Waals surface area contributed by atoms with E-state index in [1.54, 1.807) is 47.4 Å². The van der Waals surface area contributed by atoms with Crippen LogP contribution in [0.5, 0.6) is 5.75 Å². The lowest BCUT2D eigenvalue weighted by Gasteiger charge is -2.49. The number of carbonyl (C=O) groups excluding carboxylic acids is 2. The number of carboxylic acids is 1. The lowest BCUT2D eigenvalue weighted by atomic mass is 9.76.